The summed E-state index contributed by atoms with van der Waals surface area (Å²) < 4.78 is 13.5. The van der Waals surface area contributed by atoms with Crippen molar-refractivity contribution in [1.82, 2.24) is 9.80 Å². The molecule has 3 aliphatic rings. The number of amides is 1. The lowest BCUT2D eigenvalue weighted by Crippen LogP contribution is -2.40. The van der Waals surface area contributed by atoms with Crippen LogP contribution in [0.3, 0.4) is 0 Å². The number of hydrogen-bond acceptors (Lipinski definition) is 5. The minimum absolute atomic E-state index is 0.0845. The number of amidine groups is 1. The van der Waals surface area contributed by atoms with Crippen LogP contribution in [0.1, 0.15) is 37.8 Å². The van der Waals surface area contributed by atoms with Crippen molar-refractivity contribution < 1.29 is 19.1 Å². The molecule has 146 valence electrons. The summed E-state index contributed by atoms with van der Waals surface area (Å²) in [6.07, 6.45) is 1.77. The summed E-state index contributed by atoms with van der Waals surface area (Å²) in [4.78, 5) is 32.9. The highest BCUT2D eigenvalue weighted by Crippen LogP contribution is 2.45. The number of benzene rings is 1. The van der Waals surface area contributed by atoms with Gasteiger partial charge in [-0.2, -0.15) is 0 Å². The molecule has 3 heterocycles. The summed E-state index contributed by atoms with van der Waals surface area (Å²) in [6, 6.07) is 5.49. The van der Waals surface area contributed by atoms with E-state index in [4.69, 9.17) is 0 Å². The Morgan fingerprint density at radius 3 is 2.57 bits per heavy atom. The Bertz CT molecular complexity index is 917. The van der Waals surface area contributed by atoms with Crippen LogP contribution in [0, 0.1) is 5.82 Å². The molecule has 0 radical (unpaired) electrons. The Morgan fingerprint density at radius 1 is 1.25 bits per heavy atom. The molecule has 1 unspecified atom stereocenters. The fourth-order valence-corrected chi connectivity index (χ4v) is 4.81. The molecule has 6 nitrogen and oxygen atoms in total. The topological polar surface area (TPSA) is 73.2 Å². The summed E-state index contributed by atoms with van der Waals surface area (Å²) in [6.45, 7) is 3.21. The van der Waals surface area contributed by atoms with Crippen LogP contribution in [0.15, 0.2) is 51.6 Å². The first kappa shape index (κ1) is 18.7. The first-order valence-electron chi connectivity index (χ1n) is 9.16. The number of carbonyl (C=O) groups excluding carboxylic acids is 1. The highest BCUT2D eigenvalue weighted by molar-refractivity contribution is 8.16. The van der Waals surface area contributed by atoms with Crippen LogP contribution >= 0.6 is 11.8 Å². The maximum Gasteiger partial charge on any atom is 0.309 e. The zero-order valence-corrected chi connectivity index (χ0v) is 16.2. The van der Waals surface area contributed by atoms with Gasteiger partial charge in [-0.3, -0.25) is 9.59 Å². The summed E-state index contributed by atoms with van der Waals surface area (Å²) in [5.74, 6) is -1.40. The smallest absolute Gasteiger partial charge is 0.309 e. The number of carboxylic acids is 1. The molecule has 1 aromatic rings. The van der Waals surface area contributed by atoms with E-state index >= 15 is 0 Å². The van der Waals surface area contributed by atoms with Gasteiger partial charge in [0, 0.05) is 18.8 Å². The van der Waals surface area contributed by atoms with Gasteiger partial charge in [-0.05, 0) is 42.9 Å². The minimum atomic E-state index is -0.954. The molecule has 1 amide bonds. The molecule has 1 saturated heterocycles. The number of nitrogens with zero attached hydrogens (tertiary/aromatic N) is 3. The standard InChI is InChI=1S/C20H20FN3O3S/c1-12-17(19(27)23-8-2-3-9-23)18(13-4-6-14(21)7-5-13)24-15(10-16(25)26)11-28-20(24)22-12/h4-7,11,18H,2-3,8-10H2,1H3,(H,25,26). The van der Waals surface area contributed by atoms with Crippen molar-refractivity contribution in [3.8, 4) is 0 Å². The summed E-state index contributed by atoms with van der Waals surface area (Å²) in [5, 5.41) is 11.7. The van der Waals surface area contributed by atoms with Gasteiger partial charge >= 0.3 is 5.97 Å². The molecule has 4 rings (SSSR count). The van der Waals surface area contributed by atoms with Gasteiger partial charge in [0.05, 0.1) is 23.7 Å². The Morgan fingerprint density at radius 2 is 1.93 bits per heavy atom. The number of fused-ring (bicyclic) bond motifs is 1. The van der Waals surface area contributed by atoms with Crippen molar-refractivity contribution in [3.05, 3.63) is 58.0 Å². The minimum Gasteiger partial charge on any atom is -0.481 e. The third-order valence-corrected chi connectivity index (χ3v) is 6.03. The zero-order chi connectivity index (χ0) is 19.8. The van der Waals surface area contributed by atoms with Gasteiger partial charge in [0.15, 0.2) is 5.17 Å². The number of allylic oxidation sites excluding steroid dienone is 1. The molecule has 8 heteroatoms. The molecular weight excluding hydrogens is 381 g/mol. The molecular formula is C20H20FN3O3S. The number of aliphatic imine (C=N–C) groups is 1. The predicted octanol–water partition coefficient (Wildman–Crippen LogP) is 3.50. The average molecular weight is 401 g/mol. The molecule has 1 aromatic carbocycles. The van der Waals surface area contributed by atoms with Crippen LogP contribution in [0.25, 0.3) is 0 Å². The van der Waals surface area contributed by atoms with Crippen molar-refractivity contribution in [3.63, 3.8) is 0 Å². The fourth-order valence-electron chi connectivity index (χ4n) is 3.85. The molecule has 0 bridgehead atoms. The number of hydrogen-bond donors (Lipinski definition) is 1. The lowest BCUT2D eigenvalue weighted by atomic mass is 9.93. The second kappa shape index (κ2) is 7.43. The van der Waals surface area contributed by atoms with Crippen LogP contribution in [0.4, 0.5) is 4.39 Å². The lowest BCUT2D eigenvalue weighted by molar-refractivity contribution is -0.136. The molecule has 1 atom stereocenters. The van der Waals surface area contributed by atoms with Crippen LogP contribution in [-0.2, 0) is 9.59 Å². The molecule has 0 spiro atoms. The van der Waals surface area contributed by atoms with Crippen molar-refractivity contribution in [2.75, 3.05) is 13.1 Å². The third kappa shape index (κ3) is 3.32. The van der Waals surface area contributed by atoms with Gasteiger partial charge in [-0.25, -0.2) is 9.38 Å². The molecule has 3 aliphatic heterocycles. The van der Waals surface area contributed by atoms with Gasteiger partial charge in [0.1, 0.15) is 5.82 Å². The normalized spacial score (nSPS) is 21.6. The number of halogens is 1. The van der Waals surface area contributed by atoms with E-state index in [1.807, 2.05) is 9.80 Å². The van der Waals surface area contributed by atoms with E-state index in [2.05, 4.69) is 4.99 Å². The maximum atomic E-state index is 13.5. The van der Waals surface area contributed by atoms with Crippen molar-refractivity contribution in [1.29, 1.82) is 0 Å². The highest BCUT2D eigenvalue weighted by Gasteiger charge is 2.41. The van der Waals surface area contributed by atoms with Crippen LogP contribution in [0.5, 0.6) is 0 Å². The van der Waals surface area contributed by atoms with Gasteiger partial charge in [-0.15, -0.1) is 0 Å². The lowest BCUT2D eigenvalue weighted by Gasteiger charge is -2.37. The quantitative estimate of drug-likeness (QED) is 0.836. The number of likely N-dealkylation sites (tertiary alicyclic amines) is 1. The van der Waals surface area contributed by atoms with E-state index in [-0.39, 0.29) is 18.1 Å². The largest absolute Gasteiger partial charge is 0.481 e. The van der Waals surface area contributed by atoms with Crippen LogP contribution in [0.2, 0.25) is 0 Å². The predicted molar refractivity (Wildman–Crippen MR) is 105 cm³/mol. The zero-order valence-electron chi connectivity index (χ0n) is 15.4. The third-order valence-electron chi connectivity index (χ3n) is 5.14. The second-order valence-corrected chi connectivity index (χ2v) is 7.85. The van der Waals surface area contributed by atoms with E-state index in [1.54, 1.807) is 24.5 Å². The van der Waals surface area contributed by atoms with E-state index in [1.165, 1.54) is 23.9 Å². The monoisotopic (exact) mass is 401 g/mol. The van der Waals surface area contributed by atoms with Crippen LogP contribution in [-0.4, -0.2) is 45.0 Å². The Kier molecular flexibility index (Phi) is 4.97. The SMILES string of the molecule is CC1=C(C(=O)N2CCCC2)C(c2ccc(F)cc2)N2C(CC(=O)O)=CSC2=N1. The second-order valence-electron chi connectivity index (χ2n) is 7.01. The van der Waals surface area contributed by atoms with Crippen molar-refractivity contribution in [2.24, 2.45) is 4.99 Å². The van der Waals surface area contributed by atoms with Crippen molar-refractivity contribution >= 4 is 28.8 Å². The number of rotatable bonds is 4. The van der Waals surface area contributed by atoms with Gasteiger partial charge in [0.2, 0.25) is 0 Å². The maximum absolute atomic E-state index is 13.5. The molecule has 0 saturated carbocycles. The number of carboxylic acid groups (broad SMARTS) is 1. The number of thioether (sulfide) groups is 1. The summed E-state index contributed by atoms with van der Waals surface area (Å²) in [7, 11) is 0. The first-order chi connectivity index (χ1) is 13.5. The molecule has 1 N–H and O–H groups in total. The molecule has 0 aromatic heterocycles. The summed E-state index contributed by atoms with van der Waals surface area (Å²) >= 11 is 1.35. The number of aliphatic carboxylic acids is 1. The van der Waals surface area contributed by atoms with Gasteiger partial charge in [0.25, 0.3) is 5.91 Å². The molecule has 0 aliphatic carbocycles. The van der Waals surface area contributed by atoms with Gasteiger partial charge < -0.3 is 14.9 Å². The van der Waals surface area contributed by atoms with Crippen molar-refractivity contribution in [2.45, 2.75) is 32.2 Å². The summed E-state index contributed by atoms with van der Waals surface area (Å²) in [5.41, 5.74) is 2.45. The first-order valence-corrected chi connectivity index (χ1v) is 10.0. The number of carbonyl (C=O) groups is 2. The molecule has 28 heavy (non-hydrogen) atoms. The highest BCUT2D eigenvalue weighted by atomic mass is 32.2. The Hall–Kier alpha value is -2.61. The van der Waals surface area contributed by atoms with E-state index in [0.29, 0.717) is 35.2 Å². The van der Waals surface area contributed by atoms with Crippen LogP contribution < -0.4 is 0 Å². The average Bonchev–Trinajstić information content (AvgIpc) is 3.31. The molecule has 1 fully saturated rings. The van der Waals surface area contributed by atoms with E-state index < -0.39 is 12.0 Å². The van der Waals surface area contributed by atoms with E-state index in [0.717, 1.165) is 18.4 Å². The van der Waals surface area contributed by atoms with Gasteiger partial charge in [-0.1, -0.05) is 23.9 Å². The Labute approximate surface area is 166 Å². The fraction of sp³-hybridized carbons (Fsp3) is 0.350. The Balaban J connectivity index is 1.81. The van der Waals surface area contributed by atoms with E-state index in [9.17, 15) is 19.1 Å².